The quantitative estimate of drug-likeness (QED) is 0.143. The van der Waals surface area contributed by atoms with Crippen LogP contribution in [0.3, 0.4) is 0 Å². The average Bonchev–Trinajstić information content (AvgIpc) is 2.91. The summed E-state index contributed by atoms with van der Waals surface area (Å²) >= 11 is 0. The van der Waals surface area contributed by atoms with Crippen molar-refractivity contribution in [2.24, 2.45) is 10.2 Å². The number of hydrogen-bond acceptors (Lipinski definition) is 10. The van der Waals surface area contributed by atoms with Crippen LogP contribution in [-0.2, 0) is 42.5 Å². The van der Waals surface area contributed by atoms with E-state index in [4.69, 9.17) is 0 Å². The summed E-state index contributed by atoms with van der Waals surface area (Å²) in [7, 11) is -14.3. The molecule has 5 N–H and O–H groups in total. The molecule has 0 saturated heterocycles. The second kappa shape index (κ2) is 10.4. The predicted octanol–water partition coefficient (Wildman–Crippen LogP) is 4.33. The zero-order chi connectivity index (χ0) is 30.5. The fourth-order valence-corrected chi connectivity index (χ4v) is 6.51. The summed E-state index contributed by atoms with van der Waals surface area (Å²) in [4.78, 5) is -1.73. The number of nitrogens with zero attached hydrogens (tertiary/aromatic N) is 2. The first-order chi connectivity index (χ1) is 19.6. The summed E-state index contributed by atoms with van der Waals surface area (Å²) in [6.07, 6.45) is 0.217. The molecule has 0 heterocycles. The second-order valence-electron chi connectivity index (χ2n) is 9.26. The van der Waals surface area contributed by atoms with Gasteiger partial charge in [-0.25, -0.2) is 0 Å². The lowest BCUT2D eigenvalue weighted by Gasteiger charge is -2.28. The van der Waals surface area contributed by atoms with Crippen LogP contribution in [0.2, 0.25) is 0 Å². The number of benzene rings is 4. The van der Waals surface area contributed by atoms with Crippen LogP contribution in [0.1, 0.15) is 11.1 Å². The van der Waals surface area contributed by atoms with Crippen LogP contribution in [0.4, 0.5) is 17.1 Å². The fourth-order valence-electron chi connectivity index (χ4n) is 4.60. The molecule has 5 rings (SSSR count). The van der Waals surface area contributed by atoms with Crippen molar-refractivity contribution in [3.8, 4) is 0 Å². The Morgan fingerprint density at radius 1 is 0.762 bits per heavy atom. The molecule has 1 unspecified atom stereocenters. The maximum absolute atomic E-state index is 12.3. The Morgan fingerprint density at radius 3 is 2.12 bits per heavy atom. The third-order valence-electron chi connectivity index (χ3n) is 6.45. The van der Waals surface area contributed by atoms with E-state index < -0.39 is 57.2 Å². The molecule has 0 radical (unpaired) electrons. The summed E-state index contributed by atoms with van der Waals surface area (Å²) in [6, 6.07) is 18.7. The van der Waals surface area contributed by atoms with Crippen molar-refractivity contribution in [3.05, 3.63) is 101 Å². The standard InChI is InChI=1S/C26H21N3O10S3/c30-26(15-19(41(34,35)36)14-16-13-18(40(31,32)33)9-10-21(16)26)29-28-22-11-12-23(27-17-5-2-1-3-6-17)25-20(22)7-4-8-24(25)42(37,38)39/h1-13,15,27,30H,14H2,(H,31,32,33)(H,34,35,36)(H,37,38,39). The van der Waals surface area contributed by atoms with Gasteiger partial charge >= 0.3 is 0 Å². The van der Waals surface area contributed by atoms with Gasteiger partial charge in [0.15, 0.2) is 0 Å². The molecule has 13 nitrogen and oxygen atoms in total. The minimum Gasteiger partial charge on any atom is -0.361 e. The minimum absolute atomic E-state index is 0.00558. The molecule has 1 aliphatic rings. The highest BCUT2D eigenvalue weighted by atomic mass is 32.2. The fraction of sp³-hybridized carbons (Fsp3) is 0.0769. The van der Waals surface area contributed by atoms with Gasteiger partial charge in [-0.1, -0.05) is 36.4 Å². The normalized spacial score (nSPS) is 17.7. The summed E-state index contributed by atoms with van der Waals surface area (Å²) in [5.74, 6) is 0. The molecule has 0 spiro atoms. The van der Waals surface area contributed by atoms with Gasteiger partial charge in [-0.15, -0.1) is 5.11 Å². The highest BCUT2D eigenvalue weighted by molar-refractivity contribution is 7.89. The molecule has 0 aromatic heterocycles. The Kier molecular flexibility index (Phi) is 7.26. The van der Waals surface area contributed by atoms with E-state index in [2.05, 4.69) is 15.5 Å². The first kappa shape index (κ1) is 29.5. The van der Waals surface area contributed by atoms with Gasteiger partial charge in [-0.2, -0.15) is 30.4 Å². The van der Waals surface area contributed by atoms with E-state index in [1.165, 1.54) is 30.3 Å². The predicted molar refractivity (Wildman–Crippen MR) is 151 cm³/mol. The zero-order valence-electron chi connectivity index (χ0n) is 21.1. The van der Waals surface area contributed by atoms with Gasteiger partial charge in [0.25, 0.3) is 30.4 Å². The molecule has 0 amide bonds. The molecular weight excluding hydrogens is 610 g/mol. The summed E-state index contributed by atoms with van der Waals surface area (Å²) in [6.45, 7) is 0. The van der Waals surface area contributed by atoms with E-state index in [1.807, 2.05) is 0 Å². The zero-order valence-corrected chi connectivity index (χ0v) is 23.6. The van der Waals surface area contributed by atoms with Crippen LogP contribution in [0.15, 0.2) is 110 Å². The third-order valence-corrected chi connectivity index (χ3v) is 9.12. The maximum Gasteiger partial charge on any atom is 0.295 e. The molecule has 1 atom stereocenters. The van der Waals surface area contributed by atoms with E-state index in [0.29, 0.717) is 5.69 Å². The number of anilines is 2. The topological polar surface area (TPSA) is 220 Å². The number of rotatable bonds is 7. The Balaban J connectivity index is 1.69. The van der Waals surface area contributed by atoms with Gasteiger partial charge in [0, 0.05) is 34.1 Å². The van der Waals surface area contributed by atoms with Gasteiger partial charge in [0.05, 0.1) is 15.5 Å². The SMILES string of the molecule is O=S(=O)(O)C1=CC(O)(N=Nc2ccc(Nc3ccccc3)c3c(S(=O)(=O)O)cccc23)c2ccc(S(=O)(=O)O)cc2C1. The van der Waals surface area contributed by atoms with Crippen LogP contribution < -0.4 is 5.32 Å². The average molecular weight is 632 g/mol. The number of azo groups is 1. The van der Waals surface area contributed by atoms with Crippen LogP contribution in [0, 0.1) is 0 Å². The summed E-state index contributed by atoms with van der Waals surface area (Å²) in [5, 5.41) is 22.7. The van der Waals surface area contributed by atoms with Crippen molar-refractivity contribution >= 4 is 58.2 Å². The van der Waals surface area contributed by atoms with Gasteiger partial charge in [-0.3, -0.25) is 13.7 Å². The highest BCUT2D eigenvalue weighted by Crippen LogP contribution is 2.41. The lowest BCUT2D eigenvalue weighted by atomic mass is 9.90. The monoisotopic (exact) mass is 631 g/mol. The van der Waals surface area contributed by atoms with E-state index in [-0.39, 0.29) is 33.3 Å². The van der Waals surface area contributed by atoms with Crippen molar-refractivity contribution in [1.82, 2.24) is 0 Å². The van der Waals surface area contributed by atoms with Crippen LogP contribution >= 0.6 is 0 Å². The van der Waals surface area contributed by atoms with Crippen molar-refractivity contribution < 1.29 is 44.0 Å². The first-order valence-corrected chi connectivity index (χ1v) is 16.2. The highest BCUT2D eigenvalue weighted by Gasteiger charge is 2.38. The molecular formula is C26H21N3O10S3. The third kappa shape index (κ3) is 5.82. The van der Waals surface area contributed by atoms with E-state index in [0.717, 1.165) is 24.3 Å². The van der Waals surface area contributed by atoms with Crippen molar-refractivity contribution in [2.75, 3.05) is 5.32 Å². The van der Waals surface area contributed by atoms with Crippen LogP contribution in [0.5, 0.6) is 0 Å². The number of aliphatic hydroxyl groups is 1. The molecule has 0 saturated carbocycles. The molecule has 0 aliphatic heterocycles. The van der Waals surface area contributed by atoms with E-state index in [9.17, 15) is 44.0 Å². The molecule has 0 fully saturated rings. The van der Waals surface area contributed by atoms with E-state index in [1.54, 1.807) is 30.3 Å². The lowest BCUT2D eigenvalue weighted by molar-refractivity contribution is 0.0884. The van der Waals surface area contributed by atoms with Gasteiger partial charge in [0.1, 0.15) is 4.90 Å². The molecule has 218 valence electrons. The van der Waals surface area contributed by atoms with Crippen molar-refractivity contribution in [3.63, 3.8) is 0 Å². The van der Waals surface area contributed by atoms with Crippen molar-refractivity contribution in [2.45, 2.75) is 21.9 Å². The van der Waals surface area contributed by atoms with Gasteiger partial charge in [-0.05, 0) is 54.1 Å². The Morgan fingerprint density at radius 2 is 1.48 bits per heavy atom. The second-order valence-corrected chi connectivity index (χ2v) is 13.5. The molecule has 4 aromatic rings. The smallest absolute Gasteiger partial charge is 0.295 e. The molecule has 4 aromatic carbocycles. The largest absolute Gasteiger partial charge is 0.361 e. The first-order valence-electron chi connectivity index (χ1n) is 11.9. The van der Waals surface area contributed by atoms with Crippen LogP contribution in [0.25, 0.3) is 10.8 Å². The molecule has 1 aliphatic carbocycles. The van der Waals surface area contributed by atoms with Gasteiger partial charge < -0.3 is 10.4 Å². The van der Waals surface area contributed by atoms with Gasteiger partial charge in [0.2, 0.25) is 5.72 Å². The number of allylic oxidation sites excluding steroid dienone is 1. The number of para-hydroxylation sites is 1. The summed E-state index contributed by atoms with van der Waals surface area (Å²) in [5.41, 5.74) is -1.80. The van der Waals surface area contributed by atoms with E-state index >= 15 is 0 Å². The lowest BCUT2D eigenvalue weighted by Crippen LogP contribution is -2.28. The maximum atomic E-state index is 12.3. The molecule has 42 heavy (non-hydrogen) atoms. The minimum atomic E-state index is -4.88. The molecule has 0 bridgehead atoms. The number of fused-ring (bicyclic) bond motifs is 2. The summed E-state index contributed by atoms with van der Waals surface area (Å²) < 4.78 is 101. The Labute approximate surface area is 240 Å². The Hall–Kier alpha value is -4.03. The van der Waals surface area contributed by atoms with Crippen LogP contribution in [-0.4, -0.2) is 44.0 Å². The van der Waals surface area contributed by atoms with Crippen molar-refractivity contribution in [1.29, 1.82) is 0 Å². The Bertz CT molecular complexity index is 2130. The number of hydrogen-bond donors (Lipinski definition) is 5. The number of nitrogens with one attached hydrogen (secondary N) is 1. The molecule has 16 heteroatoms.